The molecule has 0 aliphatic rings. The van der Waals surface area contributed by atoms with E-state index >= 15 is 0 Å². The molecule has 0 aliphatic carbocycles. The average molecular weight is 157 g/mol. The molecule has 0 unspecified atom stereocenters. The molecule has 0 amide bonds. The fraction of sp³-hybridized carbons (Fsp3) is 0.167. The standard InChI is InChI=1S/C12H12/c1-2-10-7-5-8-11-6-3-4-9-12(10)11/h3-9H,2H2,1H3/p+1. The van der Waals surface area contributed by atoms with Gasteiger partial charge in [0, 0.05) is 0 Å². The van der Waals surface area contributed by atoms with Crippen molar-refractivity contribution >= 4 is 10.8 Å². The van der Waals surface area contributed by atoms with E-state index < -0.39 is 0 Å². The van der Waals surface area contributed by atoms with Gasteiger partial charge in [0.15, 0.2) is 0 Å². The van der Waals surface area contributed by atoms with Gasteiger partial charge in [-0.1, -0.05) is 49.4 Å². The first-order valence-corrected chi connectivity index (χ1v) is 4.38. The van der Waals surface area contributed by atoms with Crippen LogP contribution >= 0.6 is 0 Å². The lowest BCUT2D eigenvalue weighted by atomic mass is 10.0. The Bertz CT molecular complexity index is 388. The summed E-state index contributed by atoms with van der Waals surface area (Å²) in [6, 6.07) is 15.0. The monoisotopic (exact) mass is 157 g/mol. The SMILES string of the molecule is CCc1cccc2ccccc12.[H+]. The molecular formula is C12H13+. The van der Waals surface area contributed by atoms with Crippen molar-refractivity contribution < 1.29 is 1.43 Å². The molecule has 0 radical (unpaired) electrons. The van der Waals surface area contributed by atoms with Crippen molar-refractivity contribution in [3.05, 3.63) is 48.0 Å². The third-order valence-corrected chi connectivity index (χ3v) is 2.26. The Morgan fingerprint density at radius 2 is 1.75 bits per heavy atom. The van der Waals surface area contributed by atoms with Crippen LogP contribution in [0.1, 0.15) is 13.9 Å². The van der Waals surface area contributed by atoms with E-state index in [1.54, 1.807) is 0 Å². The van der Waals surface area contributed by atoms with E-state index in [0.29, 0.717) is 0 Å². The van der Waals surface area contributed by atoms with Gasteiger partial charge in [0.25, 0.3) is 0 Å². The van der Waals surface area contributed by atoms with E-state index in [9.17, 15) is 0 Å². The quantitative estimate of drug-likeness (QED) is 0.594. The van der Waals surface area contributed by atoms with E-state index in [2.05, 4.69) is 49.4 Å². The van der Waals surface area contributed by atoms with Gasteiger partial charge in [0.2, 0.25) is 0 Å². The van der Waals surface area contributed by atoms with E-state index in [1.165, 1.54) is 16.3 Å². The number of hydrogen-bond donors (Lipinski definition) is 0. The number of fused-ring (bicyclic) bond motifs is 1. The molecule has 0 fully saturated rings. The maximum absolute atomic E-state index is 2.20. The lowest BCUT2D eigenvalue weighted by molar-refractivity contribution is 1.16. The summed E-state index contributed by atoms with van der Waals surface area (Å²) in [5.41, 5.74) is 1.44. The third kappa shape index (κ3) is 1.10. The van der Waals surface area contributed by atoms with Crippen molar-refractivity contribution in [3.63, 3.8) is 0 Å². The number of rotatable bonds is 1. The minimum Gasteiger partial charge on any atom is -0.0616 e. The summed E-state index contributed by atoms with van der Waals surface area (Å²) in [7, 11) is 0. The van der Waals surface area contributed by atoms with Crippen LogP contribution in [0.4, 0.5) is 0 Å². The second kappa shape index (κ2) is 2.98. The maximum atomic E-state index is 2.20. The van der Waals surface area contributed by atoms with Crippen molar-refractivity contribution in [2.24, 2.45) is 0 Å². The van der Waals surface area contributed by atoms with Gasteiger partial charge >= 0.3 is 1.43 Å². The second-order valence-electron chi connectivity index (χ2n) is 2.99. The van der Waals surface area contributed by atoms with E-state index in [0.717, 1.165) is 6.42 Å². The Kier molecular flexibility index (Phi) is 1.83. The Morgan fingerprint density at radius 1 is 1.00 bits per heavy atom. The first kappa shape index (κ1) is 7.35. The summed E-state index contributed by atoms with van der Waals surface area (Å²) in [5.74, 6) is 0. The normalized spacial score (nSPS) is 10.4. The molecule has 0 spiro atoms. The second-order valence-corrected chi connectivity index (χ2v) is 2.99. The molecule has 0 aromatic heterocycles. The van der Waals surface area contributed by atoms with Gasteiger partial charge in [0.1, 0.15) is 0 Å². The molecule has 2 rings (SSSR count). The van der Waals surface area contributed by atoms with Crippen LogP contribution < -0.4 is 0 Å². The van der Waals surface area contributed by atoms with Gasteiger partial charge in [-0.2, -0.15) is 0 Å². The average Bonchev–Trinajstić information content (AvgIpc) is 2.17. The molecule has 0 atom stereocenters. The minimum atomic E-state index is 0. The summed E-state index contributed by atoms with van der Waals surface area (Å²) in [6.45, 7) is 2.20. The molecule has 0 saturated carbocycles. The van der Waals surface area contributed by atoms with Crippen molar-refractivity contribution in [2.45, 2.75) is 13.3 Å². The van der Waals surface area contributed by atoms with Gasteiger partial charge in [-0.15, -0.1) is 0 Å². The fourth-order valence-electron chi connectivity index (χ4n) is 1.60. The van der Waals surface area contributed by atoms with Gasteiger partial charge in [0.05, 0.1) is 0 Å². The van der Waals surface area contributed by atoms with Crippen LogP contribution in [0.2, 0.25) is 0 Å². The zero-order valence-corrected chi connectivity index (χ0v) is 7.25. The van der Waals surface area contributed by atoms with E-state index in [4.69, 9.17) is 0 Å². The predicted molar refractivity (Wildman–Crippen MR) is 54.4 cm³/mol. The molecule has 2 aromatic carbocycles. The molecule has 60 valence electrons. The highest BCUT2D eigenvalue weighted by Gasteiger charge is 1.95. The minimum absolute atomic E-state index is 0. The Hall–Kier alpha value is -1.30. The molecule has 0 heterocycles. The van der Waals surface area contributed by atoms with Gasteiger partial charge < -0.3 is 0 Å². The number of hydrogen-bond acceptors (Lipinski definition) is 0. The van der Waals surface area contributed by atoms with E-state index in [1.807, 2.05) is 0 Å². The third-order valence-electron chi connectivity index (χ3n) is 2.26. The molecule has 0 saturated heterocycles. The van der Waals surface area contributed by atoms with E-state index in [-0.39, 0.29) is 1.43 Å². The van der Waals surface area contributed by atoms with Crippen LogP contribution in [0.3, 0.4) is 0 Å². The maximum Gasteiger partial charge on any atom is 1.00 e. The fourth-order valence-corrected chi connectivity index (χ4v) is 1.60. The lowest BCUT2D eigenvalue weighted by Gasteiger charge is -2.02. The smallest absolute Gasteiger partial charge is 0.0616 e. The van der Waals surface area contributed by atoms with Gasteiger partial charge in [-0.3, -0.25) is 0 Å². The lowest BCUT2D eigenvalue weighted by Crippen LogP contribution is -1.81. The largest absolute Gasteiger partial charge is 1.00 e. The van der Waals surface area contributed by atoms with Crippen molar-refractivity contribution in [1.29, 1.82) is 0 Å². The van der Waals surface area contributed by atoms with Crippen LogP contribution in [0.5, 0.6) is 0 Å². The summed E-state index contributed by atoms with van der Waals surface area (Å²) in [4.78, 5) is 0. The summed E-state index contributed by atoms with van der Waals surface area (Å²) < 4.78 is 0. The highest BCUT2D eigenvalue weighted by Crippen LogP contribution is 2.18. The topological polar surface area (TPSA) is 0 Å². The van der Waals surface area contributed by atoms with Crippen molar-refractivity contribution in [3.8, 4) is 0 Å². The molecular weight excluding hydrogens is 144 g/mol. The molecule has 0 N–H and O–H groups in total. The summed E-state index contributed by atoms with van der Waals surface area (Å²) >= 11 is 0. The van der Waals surface area contributed by atoms with Crippen LogP contribution in [0, 0.1) is 0 Å². The highest BCUT2D eigenvalue weighted by atomic mass is 14.0. The highest BCUT2D eigenvalue weighted by molar-refractivity contribution is 5.85. The first-order chi connectivity index (χ1) is 5.92. The molecule has 0 nitrogen and oxygen atoms in total. The summed E-state index contributed by atoms with van der Waals surface area (Å²) in [5, 5.41) is 2.74. The molecule has 0 bridgehead atoms. The Morgan fingerprint density at radius 3 is 2.58 bits per heavy atom. The molecule has 0 aliphatic heterocycles. The molecule has 0 heteroatoms. The Labute approximate surface area is 74.3 Å². The van der Waals surface area contributed by atoms with Crippen molar-refractivity contribution in [2.75, 3.05) is 0 Å². The molecule has 12 heavy (non-hydrogen) atoms. The molecule has 2 aromatic rings. The van der Waals surface area contributed by atoms with Gasteiger partial charge in [-0.25, -0.2) is 0 Å². The zero-order valence-electron chi connectivity index (χ0n) is 8.25. The number of aryl methyl sites for hydroxylation is 1. The van der Waals surface area contributed by atoms with Crippen molar-refractivity contribution in [1.82, 2.24) is 0 Å². The van der Waals surface area contributed by atoms with Crippen LogP contribution in [0.15, 0.2) is 42.5 Å². The predicted octanol–water partition coefficient (Wildman–Crippen LogP) is 3.51. The number of benzene rings is 2. The van der Waals surface area contributed by atoms with Gasteiger partial charge in [-0.05, 0) is 22.8 Å². The Balaban J connectivity index is 0.000000845. The van der Waals surface area contributed by atoms with Crippen LogP contribution in [0.25, 0.3) is 10.8 Å². The van der Waals surface area contributed by atoms with Crippen LogP contribution in [-0.4, -0.2) is 0 Å². The zero-order chi connectivity index (χ0) is 8.39. The first-order valence-electron chi connectivity index (χ1n) is 4.38. The van der Waals surface area contributed by atoms with Crippen LogP contribution in [-0.2, 0) is 6.42 Å². The summed E-state index contributed by atoms with van der Waals surface area (Å²) in [6.07, 6.45) is 1.11.